The molecule has 2 N–H and O–H groups in total. The van der Waals surface area contributed by atoms with Crippen molar-refractivity contribution in [3.05, 3.63) is 53.6 Å². The number of carboxylic acids is 1. The number of carboxylic acid groups (broad SMARTS) is 1. The molecule has 1 atom stereocenters. The predicted molar refractivity (Wildman–Crippen MR) is 97.1 cm³/mol. The van der Waals surface area contributed by atoms with E-state index in [1.54, 1.807) is 24.3 Å². The summed E-state index contributed by atoms with van der Waals surface area (Å²) < 4.78 is 5.58. The molecule has 0 spiro atoms. The van der Waals surface area contributed by atoms with E-state index in [0.29, 0.717) is 11.3 Å². The van der Waals surface area contributed by atoms with Gasteiger partial charge in [-0.2, -0.15) is 0 Å². The van der Waals surface area contributed by atoms with Crippen LogP contribution in [-0.2, 0) is 9.59 Å². The summed E-state index contributed by atoms with van der Waals surface area (Å²) in [7, 11) is 0. The molecule has 1 aliphatic rings. The maximum absolute atomic E-state index is 12.8. The fourth-order valence-electron chi connectivity index (χ4n) is 3.05. The molecule has 3 rings (SSSR count). The summed E-state index contributed by atoms with van der Waals surface area (Å²) >= 11 is 0. The number of amides is 2. The number of carbonyl (C=O) groups is 3. The Labute approximate surface area is 155 Å². The van der Waals surface area contributed by atoms with Crippen LogP contribution < -0.4 is 9.64 Å². The second kappa shape index (κ2) is 7.11. The Balaban J connectivity index is 1.87. The van der Waals surface area contributed by atoms with Crippen LogP contribution in [0, 0.1) is 0 Å². The van der Waals surface area contributed by atoms with Gasteiger partial charge in [-0.05, 0) is 49.7 Å². The van der Waals surface area contributed by atoms with Gasteiger partial charge in [-0.15, -0.1) is 0 Å². The molecule has 1 saturated heterocycles. The number of nitrogens with zero attached hydrogens (tertiary/aromatic N) is 1. The molecule has 1 aliphatic heterocycles. The highest BCUT2D eigenvalue weighted by atomic mass is 16.5. The first-order valence-corrected chi connectivity index (χ1v) is 8.47. The lowest BCUT2D eigenvalue weighted by molar-refractivity contribution is -0.121. The van der Waals surface area contributed by atoms with Crippen molar-refractivity contribution < 1.29 is 29.3 Å². The number of anilines is 1. The van der Waals surface area contributed by atoms with Gasteiger partial charge in [0.25, 0.3) is 0 Å². The first-order chi connectivity index (χ1) is 12.8. The number of ether oxygens (including phenoxy) is 1. The SMILES string of the molecule is CC(C)Oc1ccc(C2CC(=O)N(c3ccc(O)c(C(=O)O)c3)C2=O)cc1. The van der Waals surface area contributed by atoms with Gasteiger partial charge < -0.3 is 14.9 Å². The van der Waals surface area contributed by atoms with E-state index in [-0.39, 0.29) is 23.8 Å². The van der Waals surface area contributed by atoms with Crippen LogP contribution in [0.2, 0.25) is 0 Å². The molecule has 0 radical (unpaired) electrons. The molecule has 140 valence electrons. The molecule has 2 amide bonds. The number of rotatable bonds is 5. The van der Waals surface area contributed by atoms with Gasteiger partial charge in [0.05, 0.1) is 17.7 Å². The van der Waals surface area contributed by atoms with E-state index in [9.17, 15) is 19.5 Å². The van der Waals surface area contributed by atoms with Gasteiger partial charge in [0, 0.05) is 6.42 Å². The van der Waals surface area contributed by atoms with Crippen LogP contribution >= 0.6 is 0 Å². The molecule has 1 heterocycles. The van der Waals surface area contributed by atoms with E-state index in [2.05, 4.69) is 0 Å². The molecule has 0 bridgehead atoms. The van der Waals surface area contributed by atoms with Crippen molar-refractivity contribution in [1.29, 1.82) is 0 Å². The summed E-state index contributed by atoms with van der Waals surface area (Å²) in [6, 6.07) is 10.6. The predicted octanol–water partition coefficient (Wildman–Crippen LogP) is 2.92. The number of benzene rings is 2. The Hall–Kier alpha value is -3.35. The van der Waals surface area contributed by atoms with Gasteiger partial charge >= 0.3 is 5.97 Å². The number of aromatic hydroxyl groups is 1. The van der Waals surface area contributed by atoms with Gasteiger partial charge in [0.1, 0.15) is 17.1 Å². The molecule has 0 aliphatic carbocycles. The average Bonchev–Trinajstić information content (AvgIpc) is 2.90. The van der Waals surface area contributed by atoms with E-state index in [4.69, 9.17) is 9.84 Å². The van der Waals surface area contributed by atoms with E-state index in [1.807, 2.05) is 13.8 Å². The summed E-state index contributed by atoms with van der Waals surface area (Å²) in [6.45, 7) is 3.82. The largest absolute Gasteiger partial charge is 0.507 e. The van der Waals surface area contributed by atoms with E-state index >= 15 is 0 Å². The minimum atomic E-state index is -1.34. The summed E-state index contributed by atoms with van der Waals surface area (Å²) in [5, 5.41) is 18.7. The molecule has 1 unspecified atom stereocenters. The van der Waals surface area contributed by atoms with Crippen LogP contribution in [0.1, 0.15) is 42.1 Å². The molecule has 0 aromatic heterocycles. The standard InChI is InChI=1S/C20H19NO6/c1-11(2)27-14-6-3-12(4-7-14)15-10-18(23)21(19(15)24)13-5-8-17(22)16(9-13)20(25)26/h3-9,11,15,22H,10H2,1-2H3,(H,25,26). The van der Waals surface area contributed by atoms with E-state index < -0.39 is 29.5 Å². The Kier molecular flexibility index (Phi) is 4.85. The zero-order valence-electron chi connectivity index (χ0n) is 14.9. The Morgan fingerprint density at radius 3 is 2.41 bits per heavy atom. The number of carbonyl (C=O) groups excluding carboxylic acids is 2. The maximum atomic E-state index is 12.8. The minimum Gasteiger partial charge on any atom is -0.507 e. The van der Waals surface area contributed by atoms with Crippen molar-refractivity contribution in [1.82, 2.24) is 0 Å². The number of hydrogen-bond donors (Lipinski definition) is 2. The highest BCUT2D eigenvalue weighted by molar-refractivity contribution is 6.23. The monoisotopic (exact) mass is 369 g/mol. The topological polar surface area (TPSA) is 104 Å². The lowest BCUT2D eigenvalue weighted by Crippen LogP contribution is -2.30. The number of phenols is 1. The lowest BCUT2D eigenvalue weighted by atomic mass is 9.97. The number of imide groups is 1. The van der Waals surface area contributed by atoms with Gasteiger partial charge in [-0.25, -0.2) is 9.69 Å². The summed E-state index contributed by atoms with van der Waals surface area (Å²) in [4.78, 5) is 37.4. The van der Waals surface area contributed by atoms with Gasteiger partial charge in [-0.3, -0.25) is 9.59 Å². The molecule has 7 nitrogen and oxygen atoms in total. The Bertz CT molecular complexity index is 903. The molecule has 1 fully saturated rings. The molecule has 2 aromatic carbocycles. The van der Waals surface area contributed by atoms with Crippen LogP contribution in [0.4, 0.5) is 5.69 Å². The van der Waals surface area contributed by atoms with Gasteiger partial charge in [-0.1, -0.05) is 12.1 Å². The van der Waals surface area contributed by atoms with Crippen molar-refractivity contribution in [2.45, 2.75) is 32.3 Å². The van der Waals surface area contributed by atoms with E-state index in [1.165, 1.54) is 6.07 Å². The van der Waals surface area contributed by atoms with Crippen LogP contribution in [0.3, 0.4) is 0 Å². The highest BCUT2D eigenvalue weighted by Gasteiger charge is 2.40. The first kappa shape index (κ1) is 18.4. The third-order valence-electron chi connectivity index (χ3n) is 4.27. The third kappa shape index (κ3) is 3.62. The molecule has 7 heteroatoms. The highest BCUT2D eigenvalue weighted by Crippen LogP contribution is 2.35. The molecular formula is C20H19NO6. The average molecular weight is 369 g/mol. The minimum absolute atomic E-state index is 0.00744. The van der Waals surface area contributed by atoms with Gasteiger partial charge in [0.15, 0.2) is 0 Å². The van der Waals surface area contributed by atoms with Crippen LogP contribution in [0.25, 0.3) is 0 Å². The van der Waals surface area contributed by atoms with Crippen molar-refractivity contribution in [3.63, 3.8) is 0 Å². The van der Waals surface area contributed by atoms with E-state index in [0.717, 1.165) is 17.0 Å². The molecule has 2 aromatic rings. The fraction of sp³-hybridized carbons (Fsp3) is 0.250. The summed E-state index contributed by atoms with van der Waals surface area (Å²) in [5.74, 6) is -2.60. The van der Waals surface area contributed by atoms with Crippen LogP contribution in [0.5, 0.6) is 11.5 Å². The Morgan fingerprint density at radius 2 is 1.81 bits per heavy atom. The normalized spacial score (nSPS) is 16.9. The number of aromatic carboxylic acids is 1. The summed E-state index contributed by atoms with van der Waals surface area (Å²) in [6.07, 6.45) is 0.0194. The second-order valence-corrected chi connectivity index (χ2v) is 6.57. The molecular weight excluding hydrogens is 350 g/mol. The third-order valence-corrected chi connectivity index (χ3v) is 4.27. The number of hydrogen-bond acceptors (Lipinski definition) is 5. The smallest absolute Gasteiger partial charge is 0.339 e. The second-order valence-electron chi connectivity index (χ2n) is 6.57. The lowest BCUT2D eigenvalue weighted by Gasteiger charge is -2.16. The van der Waals surface area contributed by atoms with Crippen molar-refractivity contribution >= 4 is 23.5 Å². The van der Waals surface area contributed by atoms with Crippen molar-refractivity contribution in [2.75, 3.05) is 4.90 Å². The van der Waals surface area contributed by atoms with Crippen LogP contribution in [0.15, 0.2) is 42.5 Å². The van der Waals surface area contributed by atoms with Crippen LogP contribution in [-0.4, -0.2) is 34.1 Å². The summed E-state index contributed by atoms with van der Waals surface area (Å²) in [5.41, 5.74) is 0.443. The zero-order valence-corrected chi connectivity index (χ0v) is 14.9. The quantitative estimate of drug-likeness (QED) is 0.786. The molecule has 0 saturated carbocycles. The van der Waals surface area contributed by atoms with Crippen molar-refractivity contribution in [3.8, 4) is 11.5 Å². The van der Waals surface area contributed by atoms with Gasteiger partial charge in [0.2, 0.25) is 11.8 Å². The molecule has 27 heavy (non-hydrogen) atoms. The van der Waals surface area contributed by atoms with Crippen molar-refractivity contribution in [2.24, 2.45) is 0 Å². The Morgan fingerprint density at radius 1 is 1.15 bits per heavy atom. The fourth-order valence-corrected chi connectivity index (χ4v) is 3.05. The first-order valence-electron chi connectivity index (χ1n) is 8.47. The maximum Gasteiger partial charge on any atom is 0.339 e. The zero-order chi connectivity index (χ0) is 19.7.